The number of aliphatic hydroxyl groups is 1. The number of Topliss-reactive ketones (excluding diaryl/α,β-unsaturated/α-hetero) is 1. The molecular weight excluding hydrogens is 353 g/mol. The van der Waals surface area contributed by atoms with Crippen molar-refractivity contribution in [1.82, 2.24) is 0 Å². The van der Waals surface area contributed by atoms with E-state index in [9.17, 15) is 23.1 Å². The number of halogens is 3. The lowest BCUT2D eigenvalue weighted by atomic mass is 9.94. The Hall–Kier alpha value is -2.14. The molecule has 0 saturated carbocycles. The molecule has 1 atom stereocenters. The summed E-state index contributed by atoms with van der Waals surface area (Å²) < 4.78 is 39.0. The van der Waals surface area contributed by atoms with Gasteiger partial charge in [-0.2, -0.15) is 13.2 Å². The number of alkyl halides is 3. The van der Waals surface area contributed by atoms with E-state index in [2.05, 4.69) is 12.1 Å². The first-order valence-electron chi connectivity index (χ1n) is 9.29. The average molecular weight is 376 g/mol. The molecule has 0 aliphatic heterocycles. The Morgan fingerprint density at radius 1 is 1.00 bits per heavy atom. The highest BCUT2D eigenvalue weighted by Crippen LogP contribution is 2.33. The van der Waals surface area contributed by atoms with Gasteiger partial charge in [0.1, 0.15) is 0 Å². The van der Waals surface area contributed by atoms with Crippen molar-refractivity contribution < 1.29 is 23.1 Å². The van der Waals surface area contributed by atoms with E-state index in [0.717, 1.165) is 25.3 Å². The molecule has 0 spiro atoms. The number of hydrogen-bond donors (Lipinski definition) is 1. The zero-order valence-electron chi connectivity index (χ0n) is 15.0. The number of carbonyl (C=O) groups excluding carboxylic acids is 1. The van der Waals surface area contributed by atoms with Crippen molar-refractivity contribution in [1.29, 1.82) is 0 Å². The van der Waals surface area contributed by atoms with E-state index in [0.29, 0.717) is 12.3 Å². The van der Waals surface area contributed by atoms with Gasteiger partial charge >= 0.3 is 6.18 Å². The molecule has 1 N–H and O–H groups in total. The lowest BCUT2D eigenvalue weighted by molar-refractivity contribution is -0.137. The van der Waals surface area contributed by atoms with Crippen molar-refractivity contribution in [3.05, 3.63) is 70.8 Å². The summed E-state index contributed by atoms with van der Waals surface area (Å²) in [7, 11) is 0. The number of aliphatic hydroxyl groups excluding tert-OH is 1. The van der Waals surface area contributed by atoms with Gasteiger partial charge in [0, 0.05) is 12.0 Å². The Balaban J connectivity index is 1.47. The molecule has 0 amide bonds. The van der Waals surface area contributed by atoms with Crippen LogP contribution in [0.3, 0.4) is 0 Å². The molecule has 5 heteroatoms. The van der Waals surface area contributed by atoms with E-state index >= 15 is 0 Å². The van der Waals surface area contributed by atoms with Crippen molar-refractivity contribution in [3.63, 3.8) is 0 Å². The van der Waals surface area contributed by atoms with Gasteiger partial charge in [-0.15, -0.1) is 0 Å². The number of rotatable bonds is 7. The first-order valence-corrected chi connectivity index (χ1v) is 9.29. The topological polar surface area (TPSA) is 37.3 Å². The second-order valence-electron chi connectivity index (χ2n) is 7.28. The van der Waals surface area contributed by atoms with Crippen molar-refractivity contribution in [2.24, 2.45) is 5.92 Å². The fourth-order valence-electron chi connectivity index (χ4n) is 3.83. The lowest BCUT2D eigenvalue weighted by Crippen LogP contribution is -2.16. The molecule has 0 unspecified atom stereocenters. The zero-order chi connectivity index (χ0) is 19.4. The Morgan fingerprint density at radius 3 is 2.22 bits per heavy atom. The van der Waals surface area contributed by atoms with E-state index in [1.807, 2.05) is 12.1 Å². The van der Waals surface area contributed by atoms with Gasteiger partial charge < -0.3 is 5.11 Å². The molecule has 0 fully saturated rings. The van der Waals surface area contributed by atoms with E-state index in [1.54, 1.807) is 0 Å². The minimum absolute atomic E-state index is 0.0842. The molecule has 27 heavy (non-hydrogen) atoms. The number of benzene rings is 2. The first-order chi connectivity index (χ1) is 12.8. The predicted molar refractivity (Wildman–Crippen MR) is 97.6 cm³/mol. The van der Waals surface area contributed by atoms with Gasteiger partial charge in [-0.1, -0.05) is 42.5 Å². The van der Waals surface area contributed by atoms with Crippen molar-refractivity contribution in [2.45, 2.75) is 50.8 Å². The molecular formula is C22H23F3O2. The maximum absolute atomic E-state index is 13.0. The SMILES string of the molecule is O=C(CC[C@@H](O)CCC1Cc2ccccc2C1)c1ccccc1C(F)(F)F. The average Bonchev–Trinajstić information content (AvgIpc) is 3.06. The van der Waals surface area contributed by atoms with Crippen LogP contribution in [-0.2, 0) is 19.0 Å². The summed E-state index contributed by atoms with van der Waals surface area (Å²) in [6, 6.07) is 13.1. The molecule has 2 nitrogen and oxygen atoms in total. The van der Waals surface area contributed by atoms with E-state index in [-0.39, 0.29) is 18.4 Å². The fourth-order valence-corrected chi connectivity index (χ4v) is 3.83. The quantitative estimate of drug-likeness (QED) is 0.673. The molecule has 1 aliphatic rings. The summed E-state index contributed by atoms with van der Waals surface area (Å²) in [6.07, 6.45) is -1.71. The third-order valence-corrected chi connectivity index (χ3v) is 5.28. The summed E-state index contributed by atoms with van der Waals surface area (Å²) in [5.41, 5.74) is 1.49. The summed E-state index contributed by atoms with van der Waals surface area (Å²) in [6.45, 7) is 0. The van der Waals surface area contributed by atoms with Gasteiger partial charge in [-0.05, 0) is 55.2 Å². The molecule has 144 valence electrons. The fraction of sp³-hybridized carbons (Fsp3) is 0.409. The molecule has 0 saturated heterocycles. The normalized spacial score (nSPS) is 15.6. The molecule has 0 bridgehead atoms. The number of carbonyl (C=O) groups is 1. The van der Waals surface area contributed by atoms with E-state index in [4.69, 9.17) is 0 Å². The summed E-state index contributed by atoms with van der Waals surface area (Å²) in [5, 5.41) is 10.2. The molecule has 2 aromatic rings. The van der Waals surface area contributed by atoms with Gasteiger partial charge in [0.25, 0.3) is 0 Å². The van der Waals surface area contributed by atoms with Crippen molar-refractivity contribution in [2.75, 3.05) is 0 Å². The van der Waals surface area contributed by atoms with Crippen LogP contribution in [0.5, 0.6) is 0 Å². The van der Waals surface area contributed by atoms with E-state index in [1.165, 1.54) is 29.3 Å². The van der Waals surface area contributed by atoms with Crippen LogP contribution in [0.25, 0.3) is 0 Å². The number of fused-ring (bicyclic) bond motifs is 1. The highest BCUT2D eigenvalue weighted by atomic mass is 19.4. The van der Waals surface area contributed by atoms with Gasteiger partial charge in [-0.25, -0.2) is 0 Å². The molecule has 0 radical (unpaired) electrons. The molecule has 1 aliphatic carbocycles. The second kappa shape index (κ2) is 8.26. The Bertz CT molecular complexity index is 773. The minimum Gasteiger partial charge on any atom is -0.393 e. The van der Waals surface area contributed by atoms with Crippen LogP contribution in [0.4, 0.5) is 13.2 Å². The third kappa shape index (κ3) is 4.98. The van der Waals surface area contributed by atoms with Crippen LogP contribution in [0.1, 0.15) is 52.7 Å². The predicted octanol–water partition coefficient (Wildman–Crippen LogP) is 5.22. The molecule has 0 aromatic heterocycles. The van der Waals surface area contributed by atoms with Gasteiger partial charge in [0.15, 0.2) is 5.78 Å². The third-order valence-electron chi connectivity index (χ3n) is 5.28. The Kier molecular flexibility index (Phi) is 6.00. The standard InChI is InChI=1S/C22H23F3O2/c23-22(24,25)20-8-4-3-7-19(20)21(27)12-11-18(26)10-9-15-13-16-5-1-2-6-17(16)14-15/h1-8,15,18,26H,9-14H2/t18-/m0/s1. The monoisotopic (exact) mass is 376 g/mol. The van der Waals surface area contributed by atoms with Crippen LogP contribution in [0.15, 0.2) is 48.5 Å². The van der Waals surface area contributed by atoms with Crippen LogP contribution in [-0.4, -0.2) is 17.0 Å². The van der Waals surface area contributed by atoms with E-state index < -0.39 is 23.6 Å². The highest BCUT2D eigenvalue weighted by Gasteiger charge is 2.34. The minimum atomic E-state index is -4.55. The van der Waals surface area contributed by atoms with Gasteiger partial charge in [0.2, 0.25) is 0 Å². The molecule has 3 rings (SSSR count). The smallest absolute Gasteiger partial charge is 0.393 e. The van der Waals surface area contributed by atoms with Crippen LogP contribution >= 0.6 is 0 Å². The number of hydrogen-bond acceptors (Lipinski definition) is 2. The lowest BCUT2D eigenvalue weighted by Gasteiger charge is -2.15. The second-order valence-corrected chi connectivity index (χ2v) is 7.28. The molecule has 2 aromatic carbocycles. The summed E-state index contributed by atoms with van der Waals surface area (Å²) in [4.78, 5) is 12.2. The Labute approximate surface area is 157 Å². The largest absolute Gasteiger partial charge is 0.417 e. The van der Waals surface area contributed by atoms with Gasteiger partial charge in [0.05, 0.1) is 11.7 Å². The zero-order valence-corrected chi connectivity index (χ0v) is 15.0. The Morgan fingerprint density at radius 2 is 1.59 bits per heavy atom. The first kappa shape index (κ1) is 19.6. The molecule has 0 heterocycles. The maximum atomic E-state index is 13.0. The van der Waals surface area contributed by atoms with Crippen molar-refractivity contribution in [3.8, 4) is 0 Å². The highest BCUT2D eigenvalue weighted by molar-refractivity contribution is 5.97. The summed E-state index contributed by atoms with van der Waals surface area (Å²) in [5.74, 6) is -0.0889. The summed E-state index contributed by atoms with van der Waals surface area (Å²) >= 11 is 0. The van der Waals surface area contributed by atoms with Crippen LogP contribution < -0.4 is 0 Å². The van der Waals surface area contributed by atoms with Crippen molar-refractivity contribution >= 4 is 5.78 Å². The number of ketones is 1. The maximum Gasteiger partial charge on any atom is 0.417 e. The van der Waals surface area contributed by atoms with Crippen LogP contribution in [0.2, 0.25) is 0 Å². The van der Waals surface area contributed by atoms with Gasteiger partial charge in [-0.3, -0.25) is 4.79 Å². The van der Waals surface area contributed by atoms with Crippen LogP contribution in [0, 0.1) is 5.92 Å².